The maximum atomic E-state index is 5.01. The van der Waals surface area contributed by atoms with E-state index in [-0.39, 0.29) is 0 Å². The molecule has 0 aromatic carbocycles. The van der Waals surface area contributed by atoms with Gasteiger partial charge in [0.2, 0.25) is 0 Å². The molecule has 0 spiro atoms. The number of aryl methyl sites for hydroxylation is 2. The van der Waals surface area contributed by atoms with Gasteiger partial charge in [0.25, 0.3) is 0 Å². The summed E-state index contributed by atoms with van der Waals surface area (Å²) in [5.74, 6) is 2.26. The van der Waals surface area contributed by atoms with Crippen LogP contribution in [0.4, 0.5) is 5.82 Å². The van der Waals surface area contributed by atoms with Gasteiger partial charge in [0, 0.05) is 31.0 Å². The van der Waals surface area contributed by atoms with E-state index in [0.717, 1.165) is 30.9 Å². The summed E-state index contributed by atoms with van der Waals surface area (Å²) in [6, 6.07) is 2.44. The number of imidazole rings is 1. The second kappa shape index (κ2) is 5.38. The van der Waals surface area contributed by atoms with Crippen LogP contribution in [-0.2, 0) is 19.9 Å². The molecule has 0 amide bonds. The molecule has 1 atom stereocenters. The molecule has 1 aliphatic heterocycles. The Kier molecular flexibility index (Phi) is 3.36. The zero-order valence-electron chi connectivity index (χ0n) is 13.4. The number of aromatic nitrogens is 4. The van der Waals surface area contributed by atoms with Gasteiger partial charge in [-0.15, -0.1) is 0 Å². The Labute approximate surface area is 131 Å². The summed E-state index contributed by atoms with van der Waals surface area (Å²) in [6.07, 6.45) is 8.93. The minimum atomic E-state index is 0.352. The molecule has 22 heavy (non-hydrogen) atoms. The molecule has 0 radical (unpaired) electrons. The zero-order valence-corrected chi connectivity index (χ0v) is 13.4. The maximum absolute atomic E-state index is 5.01. The van der Waals surface area contributed by atoms with E-state index in [0.29, 0.717) is 6.04 Å². The Morgan fingerprint density at radius 1 is 1.14 bits per heavy atom. The number of rotatable bonds is 2. The Bertz CT molecular complexity index is 690. The van der Waals surface area contributed by atoms with Crippen molar-refractivity contribution < 1.29 is 0 Å². The molecule has 2 aromatic rings. The SMILES string of the molecule is Cc1cc(N2CCC[C@H]2c2nc3c(n2C)CCCC3)ncn1. The van der Waals surface area contributed by atoms with Crippen LogP contribution in [0.2, 0.25) is 0 Å². The second-order valence-electron chi connectivity index (χ2n) is 6.50. The topological polar surface area (TPSA) is 46.8 Å². The molecule has 1 saturated heterocycles. The van der Waals surface area contributed by atoms with Crippen LogP contribution in [0.25, 0.3) is 0 Å². The van der Waals surface area contributed by atoms with Gasteiger partial charge in [0.05, 0.1) is 11.7 Å². The maximum Gasteiger partial charge on any atom is 0.132 e. The molecule has 0 bridgehead atoms. The van der Waals surface area contributed by atoms with Crippen molar-refractivity contribution in [2.45, 2.75) is 51.5 Å². The largest absolute Gasteiger partial charge is 0.346 e. The van der Waals surface area contributed by atoms with Gasteiger partial charge in [0.15, 0.2) is 0 Å². The van der Waals surface area contributed by atoms with Crippen LogP contribution in [0.1, 0.15) is 54.6 Å². The molecule has 0 unspecified atom stereocenters. The molecule has 4 rings (SSSR count). The monoisotopic (exact) mass is 297 g/mol. The number of anilines is 1. The van der Waals surface area contributed by atoms with Gasteiger partial charge in [-0.2, -0.15) is 0 Å². The molecule has 2 aliphatic rings. The van der Waals surface area contributed by atoms with E-state index in [1.807, 2.05) is 6.92 Å². The highest BCUT2D eigenvalue weighted by Crippen LogP contribution is 2.36. The van der Waals surface area contributed by atoms with E-state index in [1.165, 1.54) is 42.9 Å². The first kappa shape index (κ1) is 13.7. The average molecular weight is 297 g/mol. The van der Waals surface area contributed by atoms with Crippen molar-refractivity contribution in [3.63, 3.8) is 0 Å². The third-order valence-electron chi connectivity index (χ3n) is 5.04. The third-order valence-corrected chi connectivity index (χ3v) is 5.04. The summed E-state index contributed by atoms with van der Waals surface area (Å²) in [6.45, 7) is 3.08. The quantitative estimate of drug-likeness (QED) is 0.855. The van der Waals surface area contributed by atoms with Crippen LogP contribution in [0.15, 0.2) is 12.4 Å². The molecule has 3 heterocycles. The third kappa shape index (κ3) is 2.19. The van der Waals surface area contributed by atoms with Crippen LogP contribution >= 0.6 is 0 Å². The standard InChI is InChI=1S/C17H23N5/c1-12-10-16(19-11-18-12)22-9-5-8-15(22)17-20-13-6-3-4-7-14(13)21(17)2/h10-11,15H,3-9H2,1-2H3/t15-/m0/s1. The highest BCUT2D eigenvalue weighted by molar-refractivity contribution is 5.43. The van der Waals surface area contributed by atoms with E-state index in [9.17, 15) is 0 Å². The second-order valence-corrected chi connectivity index (χ2v) is 6.50. The summed E-state index contributed by atoms with van der Waals surface area (Å²) >= 11 is 0. The molecule has 1 fully saturated rings. The van der Waals surface area contributed by atoms with Crippen molar-refractivity contribution in [2.75, 3.05) is 11.4 Å². The number of hydrogen-bond acceptors (Lipinski definition) is 4. The molecular formula is C17H23N5. The fraction of sp³-hybridized carbons (Fsp3) is 0.588. The Morgan fingerprint density at radius 2 is 2.00 bits per heavy atom. The summed E-state index contributed by atoms with van der Waals surface area (Å²) in [4.78, 5) is 16.1. The molecule has 0 N–H and O–H groups in total. The summed E-state index contributed by atoms with van der Waals surface area (Å²) in [5.41, 5.74) is 3.80. The molecule has 5 nitrogen and oxygen atoms in total. The van der Waals surface area contributed by atoms with E-state index in [1.54, 1.807) is 6.33 Å². The Morgan fingerprint density at radius 3 is 2.82 bits per heavy atom. The Balaban J connectivity index is 1.71. The first-order valence-corrected chi connectivity index (χ1v) is 8.33. The smallest absolute Gasteiger partial charge is 0.132 e. The van der Waals surface area contributed by atoms with E-state index in [4.69, 9.17) is 4.98 Å². The highest BCUT2D eigenvalue weighted by atomic mass is 15.3. The normalized spacial score (nSPS) is 21.2. The lowest BCUT2D eigenvalue weighted by molar-refractivity contribution is 0.606. The zero-order chi connectivity index (χ0) is 15.1. The van der Waals surface area contributed by atoms with Crippen molar-refractivity contribution in [3.05, 3.63) is 35.3 Å². The van der Waals surface area contributed by atoms with E-state index < -0.39 is 0 Å². The molecule has 1 aliphatic carbocycles. The summed E-state index contributed by atoms with van der Waals surface area (Å²) in [5, 5.41) is 0. The lowest BCUT2D eigenvalue weighted by Crippen LogP contribution is -2.26. The van der Waals surface area contributed by atoms with Gasteiger partial charge in [-0.25, -0.2) is 15.0 Å². The number of nitrogens with zero attached hydrogens (tertiary/aromatic N) is 5. The van der Waals surface area contributed by atoms with E-state index >= 15 is 0 Å². The molecular weight excluding hydrogens is 274 g/mol. The van der Waals surface area contributed by atoms with Gasteiger partial charge in [-0.1, -0.05) is 0 Å². The van der Waals surface area contributed by atoms with Gasteiger partial charge in [-0.3, -0.25) is 0 Å². The predicted octanol–water partition coefficient (Wildman–Crippen LogP) is 2.74. The minimum absolute atomic E-state index is 0.352. The molecule has 0 saturated carbocycles. The molecule has 116 valence electrons. The van der Waals surface area contributed by atoms with Crippen LogP contribution in [0.3, 0.4) is 0 Å². The number of fused-ring (bicyclic) bond motifs is 1. The number of hydrogen-bond donors (Lipinski definition) is 0. The minimum Gasteiger partial charge on any atom is -0.346 e. The van der Waals surface area contributed by atoms with Crippen LogP contribution < -0.4 is 4.90 Å². The highest BCUT2D eigenvalue weighted by Gasteiger charge is 2.32. The average Bonchev–Trinajstić information content (AvgIpc) is 3.12. The predicted molar refractivity (Wildman–Crippen MR) is 85.9 cm³/mol. The first-order valence-electron chi connectivity index (χ1n) is 8.33. The van der Waals surface area contributed by atoms with Gasteiger partial charge >= 0.3 is 0 Å². The van der Waals surface area contributed by atoms with Crippen molar-refractivity contribution in [1.29, 1.82) is 0 Å². The van der Waals surface area contributed by atoms with Crippen molar-refractivity contribution in [1.82, 2.24) is 19.5 Å². The lowest BCUT2D eigenvalue weighted by atomic mass is 10.0. The van der Waals surface area contributed by atoms with Crippen LogP contribution in [-0.4, -0.2) is 26.1 Å². The van der Waals surface area contributed by atoms with Gasteiger partial charge in [-0.05, 0) is 45.4 Å². The van der Waals surface area contributed by atoms with Crippen molar-refractivity contribution >= 4 is 5.82 Å². The van der Waals surface area contributed by atoms with Gasteiger partial charge < -0.3 is 9.47 Å². The lowest BCUT2D eigenvalue weighted by Gasteiger charge is -2.25. The molecule has 2 aromatic heterocycles. The fourth-order valence-corrected chi connectivity index (χ4v) is 3.91. The first-order chi connectivity index (χ1) is 10.7. The van der Waals surface area contributed by atoms with Crippen molar-refractivity contribution in [2.24, 2.45) is 7.05 Å². The van der Waals surface area contributed by atoms with Crippen LogP contribution in [0.5, 0.6) is 0 Å². The summed E-state index contributed by atoms with van der Waals surface area (Å²) < 4.78 is 2.35. The fourth-order valence-electron chi connectivity index (χ4n) is 3.91. The summed E-state index contributed by atoms with van der Waals surface area (Å²) in [7, 11) is 2.19. The van der Waals surface area contributed by atoms with Crippen LogP contribution in [0, 0.1) is 6.92 Å². The Hall–Kier alpha value is -1.91. The van der Waals surface area contributed by atoms with Gasteiger partial charge in [0.1, 0.15) is 18.0 Å². The molecule has 5 heteroatoms. The van der Waals surface area contributed by atoms with Crippen molar-refractivity contribution in [3.8, 4) is 0 Å². The van der Waals surface area contributed by atoms with E-state index in [2.05, 4.69) is 32.5 Å².